The van der Waals surface area contributed by atoms with Crippen LogP contribution in [0.25, 0.3) is 5.65 Å². The fourth-order valence-electron chi connectivity index (χ4n) is 3.27. The van der Waals surface area contributed by atoms with Crippen LogP contribution in [-0.4, -0.2) is 21.1 Å². The van der Waals surface area contributed by atoms with Gasteiger partial charge in [-0.3, -0.25) is 0 Å². The van der Waals surface area contributed by atoms with E-state index in [4.69, 9.17) is 0 Å². The lowest BCUT2D eigenvalue weighted by Gasteiger charge is -2.26. The number of fused-ring (bicyclic) bond motifs is 1. The lowest BCUT2D eigenvalue weighted by atomic mass is 9.81. The van der Waals surface area contributed by atoms with E-state index in [1.54, 1.807) is 0 Å². The number of hydrogen-bond acceptors (Lipinski definition) is 3. The molecular formula is C16H24N4. The van der Waals surface area contributed by atoms with E-state index < -0.39 is 0 Å². The quantitative estimate of drug-likeness (QED) is 0.923. The SMILES string of the molecule is Cc1ccn2nc(NCCC3CCCC(C)C3)nc2c1. The number of anilines is 1. The van der Waals surface area contributed by atoms with Gasteiger partial charge in [-0.25, -0.2) is 4.52 Å². The first-order valence-electron chi connectivity index (χ1n) is 7.77. The van der Waals surface area contributed by atoms with Gasteiger partial charge in [0, 0.05) is 12.7 Å². The monoisotopic (exact) mass is 272 g/mol. The molecule has 1 aliphatic rings. The predicted molar refractivity (Wildman–Crippen MR) is 82.0 cm³/mol. The Kier molecular flexibility index (Phi) is 3.90. The summed E-state index contributed by atoms with van der Waals surface area (Å²) in [6.45, 7) is 5.44. The molecule has 0 bridgehead atoms. The van der Waals surface area contributed by atoms with Gasteiger partial charge in [0.05, 0.1) is 0 Å². The van der Waals surface area contributed by atoms with Crippen molar-refractivity contribution in [1.82, 2.24) is 14.6 Å². The number of hydrogen-bond donors (Lipinski definition) is 1. The standard InChI is InChI=1S/C16H24N4/c1-12-4-3-5-14(10-12)6-8-17-16-18-15-11-13(2)7-9-20(15)19-16/h7,9,11-12,14H,3-6,8,10H2,1-2H3,(H,17,19). The molecule has 1 saturated carbocycles. The van der Waals surface area contributed by atoms with Gasteiger partial charge in [-0.05, 0) is 49.3 Å². The Labute approximate surface area is 120 Å². The van der Waals surface area contributed by atoms with Gasteiger partial charge in [0.1, 0.15) is 0 Å². The lowest BCUT2D eigenvalue weighted by Crippen LogP contribution is -2.16. The second-order valence-corrected chi connectivity index (χ2v) is 6.30. The maximum Gasteiger partial charge on any atom is 0.243 e. The third-order valence-electron chi connectivity index (χ3n) is 4.37. The number of rotatable bonds is 4. The van der Waals surface area contributed by atoms with Crippen LogP contribution in [-0.2, 0) is 0 Å². The third-order valence-corrected chi connectivity index (χ3v) is 4.37. The van der Waals surface area contributed by atoms with E-state index in [9.17, 15) is 0 Å². The molecule has 0 amide bonds. The highest BCUT2D eigenvalue weighted by Crippen LogP contribution is 2.30. The Hall–Kier alpha value is -1.58. The summed E-state index contributed by atoms with van der Waals surface area (Å²) in [7, 11) is 0. The minimum absolute atomic E-state index is 0.749. The van der Waals surface area contributed by atoms with Gasteiger partial charge in [-0.2, -0.15) is 4.98 Å². The summed E-state index contributed by atoms with van der Waals surface area (Å²) in [4.78, 5) is 4.51. The number of aromatic nitrogens is 3. The zero-order chi connectivity index (χ0) is 13.9. The highest BCUT2D eigenvalue weighted by molar-refractivity contribution is 5.45. The molecule has 2 unspecified atom stereocenters. The van der Waals surface area contributed by atoms with Gasteiger partial charge < -0.3 is 5.32 Å². The minimum Gasteiger partial charge on any atom is -0.353 e. The highest BCUT2D eigenvalue weighted by Gasteiger charge is 2.18. The van der Waals surface area contributed by atoms with E-state index in [0.29, 0.717) is 0 Å². The first-order chi connectivity index (χ1) is 9.70. The molecule has 0 radical (unpaired) electrons. The molecule has 3 rings (SSSR count). The maximum absolute atomic E-state index is 4.51. The number of nitrogens with zero attached hydrogens (tertiary/aromatic N) is 3. The van der Waals surface area contributed by atoms with Gasteiger partial charge in [0.2, 0.25) is 5.95 Å². The molecule has 2 atom stereocenters. The van der Waals surface area contributed by atoms with Crippen molar-refractivity contribution in [2.75, 3.05) is 11.9 Å². The summed E-state index contributed by atoms with van der Waals surface area (Å²) in [6.07, 6.45) is 8.79. The predicted octanol–water partition coefficient (Wildman–Crippen LogP) is 3.67. The zero-order valence-electron chi connectivity index (χ0n) is 12.5. The normalized spacial score (nSPS) is 23.1. The molecule has 0 spiro atoms. The molecule has 0 saturated heterocycles. The average Bonchev–Trinajstić information content (AvgIpc) is 2.80. The van der Waals surface area contributed by atoms with Crippen LogP contribution in [0.1, 0.15) is 44.6 Å². The molecule has 2 aromatic rings. The van der Waals surface area contributed by atoms with Gasteiger partial charge in [-0.15, -0.1) is 5.10 Å². The summed E-state index contributed by atoms with van der Waals surface area (Å²) in [6, 6.07) is 4.11. The van der Waals surface area contributed by atoms with Gasteiger partial charge >= 0.3 is 0 Å². The molecule has 0 aromatic carbocycles. The Balaban J connectivity index is 1.54. The van der Waals surface area contributed by atoms with Crippen molar-refractivity contribution in [3.8, 4) is 0 Å². The summed E-state index contributed by atoms with van der Waals surface area (Å²) in [5.41, 5.74) is 2.13. The molecule has 2 aromatic heterocycles. The lowest BCUT2D eigenvalue weighted by molar-refractivity contribution is 0.274. The summed E-state index contributed by atoms with van der Waals surface area (Å²) >= 11 is 0. The minimum atomic E-state index is 0.749. The zero-order valence-corrected chi connectivity index (χ0v) is 12.5. The van der Waals surface area contributed by atoms with E-state index in [0.717, 1.165) is 30.0 Å². The van der Waals surface area contributed by atoms with Gasteiger partial charge in [0.15, 0.2) is 5.65 Å². The van der Waals surface area contributed by atoms with Crippen molar-refractivity contribution < 1.29 is 0 Å². The molecular weight excluding hydrogens is 248 g/mol. The molecule has 2 heterocycles. The van der Waals surface area contributed by atoms with Crippen LogP contribution in [0, 0.1) is 18.8 Å². The van der Waals surface area contributed by atoms with Crippen LogP contribution >= 0.6 is 0 Å². The molecule has 0 aliphatic heterocycles. The van der Waals surface area contributed by atoms with Gasteiger partial charge in [0.25, 0.3) is 0 Å². The molecule has 4 heteroatoms. The molecule has 4 nitrogen and oxygen atoms in total. The smallest absolute Gasteiger partial charge is 0.243 e. The highest BCUT2D eigenvalue weighted by atomic mass is 15.3. The fraction of sp³-hybridized carbons (Fsp3) is 0.625. The Morgan fingerprint density at radius 3 is 3.15 bits per heavy atom. The number of pyridine rings is 1. The Morgan fingerprint density at radius 2 is 2.30 bits per heavy atom. The summed E-state index contributed by atoms with van der Waals surface area (Å²) in [5, 5.41) is 7.82. The van der Waals surface area contributed by atoms with Crippen molar-refractivity contribution in [2.24, 2.45) is 11.8 Å². The van der Waals surface area contributed by atoms with E-state index in [1.807, 2.05) is 10.7 Å². The maximum atomic E-state index is 4.51. The van der Waals surface area contributed by atoms with Crippen LogP contribution in [0.4, 0.5) is 5.95 Å². The molecule has 20 heavy (non-hydrogen) atoms. The summed E-state index contributed by atoms with van der Waals surface area (Å²) < 4.78 is 1.83. The summed E-state index contributed by atoms with van der Waals surface area (Å²) in [5.74, 6) is 2.54. The molecule has 1 fully saturated rings. The van der Waals surface area contributed by atoms with Crippen molar-refractivity contribution in [1.29, 1.82) is 0 Å². The van der Waals surface area contributed by atoms with E-state index in [-0.39, 0.29) is 0 Å². The first-order valence-corrected chi connectivity index (χ1v) is 7.77. The molecule has 108 valence electrons. The fourth-order valence-corrected chi connectivity index (χ4v) is 3.27. The number of aryl methyl sites for hydroxylation is 1. The molecule has 1 N–H and O–H groups in total. The molecule has 1 aliphatic carbocycles. The van der Waals surface area contributed by atoms with Crippen molar-refractivity contribution >= 4 is 11.6 Å². The van der Waals surface area contributed by atoms with Crippen molar-refractivity contribution in [3.63, 3.8) is 0 Å². The van der Waals surface area contributed by atoms with Crippen LogP contribution in [0.5, 0.6) is 0 Å². The second-order valence-electron chi connectivity index (χ2n) is 6.30. The van der Waals surface area contributed by atoms with Gasteiger partial charge in [-0.1, -0.05) is 26.2 Å². The Bertz CT molecular complexity index is 575. The first kappa shape index (κ1) is 13.4. The Morgan fingerprint density at radius 1 is 1.40 bits per heavy atom. The number of nitrogens with one attached hydrogen (secondary N) is 1. The second kappa shape index (κ2) is 5.81. The van der Waals surface area contributed by atoms with Crippen LogP contribution in [0.3, 0.4) is 0 Å². The topological polar surface area (TPSA) is 42.2 Å². The van der Waals surface area contributed by atoms with Crippen LogP contribution in [0.2, 0.25) is 0 Å². The largest absolute Gasteiger partial charge is 0.353 e. The third kappa shape index (κ3) is 3.11. The van der Waals surface area contributed by atoms with Crippen LogP contribution in [0.15, 0.2) is 18.3 Å². The van der Waals surface area contributed by atoms with Crippen molar-refractivity contribution in [3.05, 3.63) is 23.9 Å². The van der Waals surface area contributed by atoms with Crippen LogP contribution < -0.4 is 5.32 Å². The van der Waals surface area contributed by atoms with E-state index in [1.165, 1.54) is 37.7 Å². The average molecular weight is 272 g/mol. The van der Waals surface area contributed by atoms with E-state index >= 15 is 0 Å². The van der Waals surface area contributed by atoms with Crippen molar-refractivity contribution in [2.45, 2.75) is 46.0 Å². The van der Waals surface area contributed by atoms with E-state index in [2.05, 4.69) is 41.4 Å².